The van der Waals surface area contributed by atoms with Crippen molar-refractivity contribution in [1.29, 1.82) is 0 Å². The van der Waals surface area contributed by atoms with Crippen molar-refractivity contribution in [2.45, 2.75) is 52.9 Å². The van der Waals surface area contributed by atoms with E-state index < -0.39 is 5.41 Å². The molecule has 1 aliphatic rings. The van der Waals surface area contributed by atoms with Crippen LogP contribution < -0.4 is 10.9 Å². The van der Waals surface area contributed by atoms with E-state index >= 15 is 0 Å². The van der Waals surface area contributed by atoms with Gasteiger partial charge in [0.05, 0.1) is 5.41 Å². The van der Waals surface area contributed by atoms with Crippen LogP contribution in [0.4, 0.5) is 0 Å². The lowest BCUT2D eigenvalue weighted by molar-refractivity contribution is -0.125. The molecule has 2 N–H and O–H groups in total. The summed E-state index contributed by atoms with van der Waals surface area (Å²) in [5, 5.41) is 2.57. The summed E-state index contributed by atoms with van der Waals surface area (Å²) in [5.41, 5.74) is 8.71. The number of fused-ring (bicyclic) bond motifs is 1. The standard InChI is InChI=1S/C22H28N2O/c1-4-5-6-7-10-16-13-14-17(19-12-9-8-11-18(16)19)15-20-22(2,3)21(25)24-23-20/h8-9,11-15,23H,4-7,10H2,1-3H3,(H,24,25)/b20-15-. The molecule has 25 heavy (non-hydrogen) atoms. The maximum Gasteiger partial charge on any atom is 0.249 e. The first-order valence-corrected chi connectivity index (χ1v) is 9.33. The summed E-state index contributed by atoms with van der Waals surface area (Å²) in [7, 11) is 0. The Bertz CT molecular complexity index is 805. The van der Waals surface area contributed by atoms with Gasteiger partial charge in [-0.05, 0) is 54.7 Å². The number of hydrogen-bond acceptors (Lipinski definition) is 2. The molecule has 2 aromatic rings. The predicted octanol–water partition coefficient (Wildman–Crippen LogP) is 4.96. The Kier molecular flexibility index (Phi) is 5.12. The van der Waals surface area contributed by atoms with Crippen LogP contribution in [0.1, 0.15) is 57.6 Å². The van der Waals surface area contributed by atoms with E-state index in [1.807, 2.05) is 13.8 Å². The van der Waals surface area contributed by atoms with Crippen molar-refractivity contribution in [3.8, 4) is 0 Å². The van der Waals surface area contributed by atoms with Crippen molar-refractivity contribution in [2.75, 3.05) is 0 Å². The molecule has 1 fully saturated rings. The molecule has 1 amide bonds. The van der Waals surface area contributed by atoms with E-state index in [0.29, 0.717) is 0 Å². The summed E-state index contributed by atoms with van der Waals surface area (Å²) in [6.07, 6.45) is 8.34. The maximum atomic E-state index is 12.0. The smallest absolute Gasteiger partial charge is 0.249 e. The minimum Gasteiger partial charge on any atom is -0.302 e. The van der Waals surface area contributed by atoms with Gasteiger partial charge in [0.1, 0.15) is 0 Å². The number of unbranched alkanes of at least 4 members (excludes halogenated alkanes) is 3. The first-order valence-electron chi connectivity index (χ1n) is 9.33. The second-order valence-electron chi connectivity index (χ2n) is 7.43. The molecule has 3 heteroatoms. The van der Waals surface area contributed by atoms with Gasteiger partial charge in [0.25, 0.3) is 0 Å². The Morgan fingerprint density at radius 3 is 2.40 bits per heavy atom. The Balaban J connectivity index is 1.94. The largest absolute Gasteiger partial charge is 0.302 e. The van der Waals surface area contributed by atoms with Gasteiger partial charge in [-0.2, -0.15) is 0 Å². The van der Waals surface area contributed by atoms with E-state index in [9.17, 15) is 4.79 Å². The molecule has 0 atom stereocenters. The van der Waals surface area contributed by atoms with Crippen LogP contribution in [0.2, 0.25) is 0 Å². The molecular weight excluding hydrogens is 308 g/mol. The number of hydrogen-bond donors (Lipinski definition) is 2. The van der Waals surface area contributed by atoms with Gasteiger partial charge in [-0.25, -0.2) is 0 Å². The quantitative estimate of drug-likeness (QED) is 0.732. The van der Waals surface area contributed by atoms with Gasteiger partial charge in [0.15, 0.2) is 0 Å². The molecule has 0 aliphatic carbocycles. The number of amides is 1. The van der Waals surface area contributed by atoms with Crippen molar-refractivity contribution in [1.82, 2.24) is 10.9 Å². The lowest BCUT2D eigenvalue weighted by Crippen LogP contribution is -2.28. The molecule has 3 rings (SSSR count). The fourth-order valence-electron chi connectivity index (χ4n) is 3.40. The van der Waals surface area contributed by atoms with Gasteiger partial charge in [-0.15, -0.1) is 0 Å². The average Bonchev–Trinajstić information content (AvgIpc) is 2.87. The number of aryl methyl sites for hydroxylation is 1. The third-order valence-corrected chi connectivity index (χ3v) is 5.20. The van der Waals surface area contributed by atoms with Gasteiger partial charge in [-0.1, -0.05) is 62.6 Å². The first kappa shape index (κ1) is 17.5. The third kappa shape index (κ3) is 3.55. The number of carbonyl (C=O) groups is 1. The van der Waals surface area contributed by atoms with E-state index in [4.69, 9.17) is 0 Å². The minimum atomic E-state index is -0.528. The number of hydrazine groups is 1. The van der Waals surface area contributed by atoms with Crippen molar-refractivity contribution in [2.24, 2.45) is 5.41 Å². The predicted molar refractivity (Wildman–Crippen MR) is 105 cm³/mol. The summed E-state index contributed by atoms with van der Waals surface area (Å²) >= 11 is 0. The third-order valence-electron chi connectivity index (χ3n) is 5.20. The number of carbonyl (C=O) groups excluding carboxylic acids is 1. The number of rotatable bonds is 6. The SMILES string of the molecule is CCCCCCc1ccc(/C=C2\NNC(=O)C2(C)C)c2ccccc12. The zero-order valence-electron chi connectivity index (χ0n) is 15.5. The molecule has 0 unspecified atom stereocenters. The highest BCUT2D eigenvalue weighted by molar-refractivity contribution is 5.95. The molecule has 0 radical (unpaired) electrons. The highest BCUT2D eigenvalue weighted by Gasteiger charge is 2.37. The van der Waals surface area contributed by atoms with Crippen molar-refractivity contribution >= 4 is 22.8 Å². The van der Waals surface area contributed by atoms with Gasteiger partial charge >= 0.3 is 0 Å². The van der Waals surface area contributed by atoms with E-state index in [-0.39, 0.29) is 5.91 Å². The zero-order chi connectivity index (χ0) is 17.9. The lowest BCUT2D eigenvalue weighted by atomic mass is 9.88. The Morgan fingerprint density at radius 2 is 1.72 bits per heavy atom. The van der Waals surface area contributed by atoms with E-state index in [0.717, 1.165) is 17.7 Å². The van der Waals surface area contributed by atoms with E-state index in [1.165, 1.54) is 42.0 Å². The highest BCUT2D eigenvalue weighted by Crippen LogP contribution is 2.32. The fraction of sp³-hybridized carbons (Fsp3) is 0.409. The number of benzene rings is 2. The second-order valence-corrected chi connectivity index (χ2v) is 7.43. The van der Waals surface area contributed by atoms with Crippen LogP contribution in [0.25, 0.3) is 16.8 Å². The monoisotopic (exact) mass is 336 g/mol. The summed E-state index contributed by atoms with van der Waals surface area (Å²) in [6, 6.07) is 13.0. The summed E-state index contributed by atoms with van der Waals surface area (Å²) in [5.74, 6) is 0.00981. The molecule has 1 aliphatic heterocycles. The van der Waals surface area contributed by atoms with Gasteiger partial charge in [0, 0.05) is 5.70 Å². The molecule has 2 aromatic carbocycles. The Morgan fingerprint density at radius 1 is 0.960 bits per heavy atom. The van der Waals surface area contributed by atoms with Crippen molar-refractivity contribution in [3.63, 3.8) is 0 Å². The first-order chi connectivity index (χ1) is 12.0. The topological polar surface area (TPSA) is 41.1 Å². The van der Waals surface area contributed by atoms with Crippen molar-refractivity contribution in [3.05, 3.63) is 53.2 Å². The summed E-state index contributed by atoms with van der Waals surface area (Å²) in [4.78, 5) is 12.0. The van der Waals surface area contributed by atoms with Crippen LogP contribution in [-0.2, 0) is 11.2 Å². The average molecular weight is 336 g/mol. The number of nitrogens with one attached hydrogen (secondary N) is 2. The van der Waals surface area contributed by atoms with Gasteiger partial charge < -0.3 is 5.43 Å². The van der Waals surface area contributed by atoms with Crippen LogP contribution in [0.5, 0.6) is 0 Å². The molecular formula is C22H28N2O. The molecule has 132 valence electrons. The molecule has 0 bridgehead atoms. The molecule has 0 spiro atoms. The zero-order valence-corrected chi connectivity index (χ0v) is 15.5. The Hall–Kier alpha value is -2.29. The molecule has 1 heterocycles. The second kappa shape index (κ2) is 7.30. The lowest BCUT2D eigenvalue weighted by Gasteiger charge is -2.15. The van der Waals surface area contributed by atoms with Crippen LogP contribution >= 0.6 is 0 Å². The Labute approximate surface area is 150 Å². The fourth-order valence-corrected chi connectivity index (χ4v) is 3.40. The van der Waals surface area contributed by atoms with E-state index in [1.54, 1.807) is 0 Å². The maximum absolute atomic E-state index is 12.0. The van der Waals surface area contributed by atoms with Crippen LogP contribution in [-0.4, -0.2) is 5.91 Å². The molecule has 1 saturated heterocycles. The summed E-state index contributed by atoms with van der Waals surface area (Å²) < 4.78 is 0. The molecule has 3 nitrogen and oxygen atoms in total. The molecule has 0 aromatic heterocycles. The van der Waals surface area contributed by atoms with Gasteiger partial charge in [-0.3, -0.25) is 10.2 Å². The van der Waals surface area contributed by atoms with E-state index in [2.05, 4.69) is 60.2 Å². The molecule has 0 saturated carbocycles. The minimum absolute atomic E-state index is 0.00981. The van der Waals surface area contributed by atoms with Crippen LogP contribution in [0.3, 0.4) is 0 Å². The highest BCUT2D eigenvalue weighted by atomic mass is 16.2. The van der Waals surface area contributed by atoms with Crippen LogP contribution in [0.15, 0.2) is 42.1 Å². The van der Waals surface area contributed by atoms with Crippen LogP contribution in [0, 0.1) is 5.41 Å². The van der Waals surface area contributed by atoms with Crippen molar-refractivity contribution < 1.29 is 4.79 Å². The normalized spacial score (nSPS) is 17.7. The summed E-state index contributed by atoms with van der Waals surface area (Å²) in [6.45, 7) is 6.13. The van der Waals surface area contributed by atoms with Gasteiger partial charge in [0.2, 0.25) is 5.91 Å².